The van der Waals surface area contributed by atoms with Crippen molar-refractivity contribution in [1.82, 2.24) is 5.32 Å². The first kappa shape index (κ1) is 14.5. The van der Waals surface area contributed by atoms with Gasteiger partial charge in [-0.2, -0.15) is 0 Å². The minimum Gasteiger partial charge on any atom is -0.497 e. The lowest BCUT2D eigenvalue weighted by Gasteiger charge is -2.14. The van der Waals surface area contributed by atoms with Gasteiger partial charge in [0.2, 0.25) is 0 Å². The third kappa shape index (κ3) is 4.07. The van der Waals surface area contributed by atoms with Gasteiger partial charge in [-0.25, -0.2) is 4.39 Å². The van der Waals surface area contributed by atoms with E-state index in [1.54, 1.807) is 7.11 Å². The van der Waals surface area contributed by atoms with Gasteiger partial charge in [0, 0.05) is 6.04 Å². The molecule has 1 unspecified atom stereocenters. The third-order valence-electron chi connectivity index (χ3n) is 3.39. The van der Waals surface area contributed by atoms with Gasteiger partial charge in [0.25, 0.3) is 0 Å². The summed E-state index contributed by atoms with van der Waals surface area (Å²) in [4.78, 5) is 0. The zero-order valence-electron chi connectivity index (χ0n) is 11.9. The van der Waals surface area contributed by atoms with Gasteiger partial charge in [-0.3, -0.25) is 0 Å². The predicted octanol–water partition coefficient (Wildman–Crippen LogP) is 3.73. The zero-order valence-corrected chi connectivity index (χ0v) is 11.9. The Morgan fingerprint density at radius 1 is 1.05 bits per heavy atom. The molecular formula is C17H20FNO. The van der Waals surface area contributed by atoms with Crippen LogP contribution in [0.25, 0.3) is 0 Å². The lowest BCUT2D eigenvalue weighted by Crippen LogP contribution is -2.21. The quantitative estimate of drug-likeness (QED) is 0.866. The highest BCUT2D eigenvalue weighted by atomic mass is 19.1. The topological polar surface area (TPSA) is 21.3 Å². The van der Waals surface area contributed by atoms with Gasteiger partial charge >= 0.3 is 0 Å². The first-order valence-electron chi connectivity index (χ1n) is 6.81. The first-order chi connectivity index (χ1) is 9.69. The molecule has 2 rings (SSSR count). The van der Waals surface area contributed by atoms with Crippen LogP contribution in [-0.2, 0) is 6.42 Å². The maximum Gasteiger partial charge on any atom is 0.123 e. The molecule has 0 fully saturated rings. The van der Waals surface area contributed by atoms with E-state index in [1.807, 2.05) is 24.3 Å². The summed E-state index contributed by atoms with van der Waals surface area (Å²) < 4.78 is 17.9. The fourth-order valence-electron chi connectivity index (χ4n) is 2.09. The van der Waals surface area contributed by atoms with Gasteiger partial charge in [-0.1, -0.05) is 24.3 Å². The molecule has 0 saturated heterocycles. The molecule has 0 spiro atoms. The van der Waals surface area contributed by atoms with Gasteiger partial charge in [-0.05, 0) is 55.3 Å². The lowest BCUT2D eigenvalue weighted by molar-refractivity contribution is 0.414. The number of ether oxygens (including phenoxy) is 1. The average molecular weight is 273 g/mol. The van der Waals surface area contributed by atoms with Crippen LogP contribution in [0.4, 0.5) is 4.39 Å². The van der Waals surface area contributed by atoms with Crippen LogP contribution in [0, 0.1) is 5.82 Å². The molecule has 0 saturated carbocycles. The summed E-state index contributed by atoms with van der Waals surface area (Å²) in [6.45, 7) is 2.99. The molecule has 2 nitrogen and oxygen atoms in total. The maximum absolute atomic E-state index is 12.8. The SMILES string of the molecule is COc1ccc(C(C)NCCc2ccc(F)cc2)cc1. The molecule has 1 N–H and O–H groups in total. The summed E-state index contributed by atoms with van der Waals surface area (Å²) >= 11 is 0. The van der Waals surface area contributed by atoms with E-state index in [2.05, 4.69) is 24.4 Å². The van der Waals surface area contributed by atoms with Crippen molar-refractivity contribution in [2.45, 2.75) is 19.4 Å². The molecule has 0 aliphatic rings. The highest BCUT2D eigenvalue weighted by Crippen LogP contribution is 2.17. The summed E-state index contributed by atoms with van der Waals surface area (Å²) in [7, 11) is 1.67. The highest BCUT2D eigenvalue weighted by molar-refractivity contribution is 5.28. The number of hydrogen-bond donors (Lipinski definition) is 1. The minimum atomic E-state index is -0.187. The molecule has 0 aliphatic carbocycles. The molecule has 2 aromatic carbocycles. The average Bonchev–Trinajstić information content (AvgIpc) is 2.49. The van der Waals surface area contributed by atoms with Crippen LogP contribution in [-0.4, -0.2) is 13.7 Å². The Balaban J connectivity index is 1.82. The van der Waals surface area contributed by atoms with Crippen LogP contribution >= 0.6 is 0 Å². The second-order valence-electron chi connectivity index (χ2n) is 4.83. The Bertz CT molecular complexity index is 522. The molecule has 0 amide bonds. The van der Waals surface area contributed by atoms with E-state index in [0.29, 0.717) is 0 Å². The summed E-state index contributed by atoms with van der Waals surface area (Å²) in [6.07, 6.45) is 0.890. The third-order valence-corrected chi connectivity index (χ3v) is 3.39. The van der Waals surface area contributed by atoms with Crippen molar-refractivity contribution in [2.24, 2.45) is 0 Å². The monoisotopic (exact) mass is 273 g/mol. The van der Waals surface area contributed by atoms with Gasteiger partial charge < -0.3 is 10.1 Å². The fraction of sp³-hybridized carbons (Fsp3) is 0.294. The van der Waals surface area contributed by atoms with Crippen molar-refractivity contribution >= 4 is 0 Å². The summed E-state index contributed by atoms with van der Waals surface area (Å²) in [5, 5.41) is 3.46. The van der Waals surface area contributed by atoms with Crippen molar-refractivity contribution in [3.63, 3.8) is 0 Å². The Morgan fingerprint density at radius 3 is 2.30 bits per heavy atom. The van der Waals surface area contributed by atoms with Crippen molar-refractivity contribution in [3.05, 3.63) is 65.5 Å². The van der Waals surface area contributed by atoms with Crippen LogP contribution in [0.3, 0.4) is 0 Å². The van der Waals surface area contributed by atoms with Crippen molar-refractivity contribution in [3.8, 4) is 5.75 Å². The molecule has 0 aromatic heterocycles. The van der Waals surface area contributed by atoms with Crippen molar-refractivity contribution < 1.29 is 9.13 Å². The lowest BCUT2D eigenvalue weighted by atomic mass is 10.1. The van der Waals surface area contributed by atoms with Crippen molar-refractivity contribution in [2.75, 3.05) is 13.7 Å². The molecule has 0 bridgehead atoms. The first-order valence-corrected chi connectivity index (χ1v) is 6.81. The molecule has 2 aromatic rings. The van der Waals surface area contributed by atoms with E-state index < -0.39 is 0 Å². The number of halogens is 1. The second kappa shape index (κ2) is 7.06. The number of hydrogen-bond acceptors (Lipinski definition) is 2. The Kier molecular flexibility index (Phi) is 5.13. The molecule has 20 heavy (non-hydrogen) atoms. The van der Waals surface area contributed by atoms with Gasteiger partial charge in [-0.15, -0.1) is 0 Å². The van der Waals surface area contributed by atoms with Gasteiger partial charge in [0.15, 0.2) is 0 Å². The van der Waals surface area contributed by atoms with Gasteiger partial charge in [0.05, 0.1) is 7.11 Å². The summed E-state index contributed by atoms with van der Waals surface area (Å²) in [5.74, 6) is 0.681. The molecule has 0 heterocycles. The number of rotatable bonds is 6. The molecule has 3 heteroatoms. The van der Waals surface area contributed by atoms with Crippen LogP contribution in [0.2, 0.25) is 0 Å². The Hall–Kier alpha value is -1.87. The highest BCUT2D eigenvalue weighted by Gasteiger charge is 2.04. The van der Waals surface area contributed by atoms with E-state index in [-0.39, 0.29) is 11.9 Å². The Labute approximate surface area is 119 Å². The Morgan fingerprint density at radius 2 is 1.70 bits per heavy atom. The van der Waals surface area contributed by atoms with Crippen molar-refractivity contribution in [1.29, 1.82) is 0 Å². The number of benzene rings is 2. The second-order valence-corrected chi connectivity index (χ2v) is 4.83. The molecule has 0 radical (unpaired) electrons. The molecule has 0 aliphatic heterocycles. The molecular weight excluding hydrogens is 253 g/mol. The van der Waals surface area contributed by atoms with E-state index in [0.717, 1.165) is 24.3 Å². The maximum atomic E-state index is 12.8. The van der Waals surface area contributed by atoms with Crippen LogP contribution in [0.1, 0.15) is 24.1 Å². The summed E-state index contributed by atoms with van der Waals surface area (Å²) in [6, 6.07) is 15.0. The number of nitrogens with one attached hydrogen (secondary N) is 1. The van der Waals surface area contributed by atoms with Crippen LogP contribution < -0.4 is 10.1 Å². The molecule has 1 atom stereocenters. The van der Waals surface area contributed by atoms with Crippen LogP contribution in [0.5, 0.6) is 5.75 Å². The molecule has 106 valence electrons. The number of methoxy groups -OCH3 is 1. The zero-order chi connectivity index (χ0) is 14.4. The fourth-order valence-corrected chi connectivity index (χ4v) is 2.09. The predicted molar refractivity (Wildman–Crippen MR) is 79.5 cm³/mol. The smallest absolute Gasteiger partial charge is 0.123 e. The largest absolute Gasteiger partial charge is 0.497 e. The van der Waals surface area contributed by atoms with E-state index >= 15 is 0 Å². The van der Waals surface area contributed by atoms with E-state index in [4.69, 9.17) is 4.74 Å². The standard InChI is InChI=1S/C17H20FNO/c1-13(15-5-9-17(20-2)10-6-15)19-12-11-14-3-7-16(18)8-4-14/h3-10,13,19H,11-12H2,1-2H3. The normalized spacial score (nSPS) is 12.2. The van der Waals surface area contributed by atoms with Crippen LogP contribution in [0.15, 0.2) is 48.5 Å². The minimum absolute atomic E-state index is 0.187. The van der Waals surface area contributed by atoms with E-state index in [1.165, 1.54) is 17.7 Å². The van der Waals surface area contributed by atoms with Gasteiger partial charge in [0.1, 0.15) is 11.6 Å². The summed E-state index contributed by atoms with van der Waals surface area (Å²) in [5.41, 5.74) is 2.37. The van der Waals surface area contributed by atoms with E-state index in [9.17, 15) is 4.39 Å².